The first-order valence-corrected chi connectivity index (χ1v) is 8.98. The third kappa shape index (κ3) is 4.49. The van der Waals surface area contributed by atoms with E-state index in [0.29, 0.717) is 13.2 Å². The first-order valence-electron chi connectivity index (χ1n) is 8.98. The molecule has 2 atom stereocenters. The fourth-order valence-electron chi connectivity index (χ4n) is 3.13. The van der Waals surface area contributed by atoms with Gasteiger partial charge in [0.1, 0.15) is 0 Å². The summed E-state index contributed by atoms with van der Waals surface area (Å²) in [5.74, 6) is -0.656. The Morgan fingerprint density at radius 2 is 1.92 bits per heavy atom. The van der Waals surface area contributed by atoms with E-state index in [4.69, 9.17) is 4.74 Å². The summed E-state index contributed by atoms with van der Waals surface area (Å²) in [6.45, 7) is 3.12. The normalized spacial score (nSPS) is 17.1. The number of hydrogen-bond donors (Lipinski definition) is 2. The lowest BCUT2D eigenvalue weighted by Gasteiger charge is -2.24. The average Bonchev–Trinajstić information content (AvgIpc) is 2.67. The van der Waals surface area contributed by atoms with E-state index in [0.717, 1.165) is 23.2 Å². The highest BCUT2D eigenvalue weighted by atomic mass is 16.5. The van der Waals surface area contributed by atoms with E-state index in [1.165, 1.54) is 0 Å². The zero-order chi connectivity index (χ0) is 18.4. The third-order valence-corrected chi connectivity index (χ3v) is 4.57. The minimum atomic E-state index is -0.427. The SMILES string of the molecule is CC(OCCCNC(=O)C1CC(=O)Nc2ccccc21)c1ccccc1. The second kappa shape index (κ2) is 8.63. The average molecular weight is 352 g/mol. The molecule has 0 saturated heterocycles. The van der Waals surface area contributed by atoms with Gasteiger partial charge in [0, 0.05) is 25.3 Å². The molecule has 0 fully saturated rings. The summed E-state index contributed by atoms with van der Waals surface area (Å²) in [5, 5.41) is 5.74. The van der Waals surface area contributed by atoms with Crippen molar-refractivity contribution in [1.82, 2.24) is 5.32 Å². The molecule has 5 heteroatoms. The summed E-state index contributed by atoms with van der Waals surface area (Å²) in [5.41, 5.74) is 2.74. The van der Waals surface area contributed by atoms with Crippen molar-refractivity contribution in [2.24, 2.45) is 0 Å². The van der Waals surface area contributed by atoms with E-state index in [1.807, 2.05) is 61.5 Å². The van der Waals surface area contributed by atoms with Crippen LogP contribution in [-0.4, -0.2) is 25.0 Å². The Labute approximate surface area is 153 Å². The maximum atomic E-state index is 12.5. The summed E-state index contributed by atoms with van der Waals surface area (Å²) >= 11 is 0. The second-order valence-corrected chi connectivity index (χ2v) is 6.46. The Bertz CT molecular complexity index is 761. The van der Waals surface area contributed by atoms with Crippen LogP contribution in [0, 0.1) is 0 Å². The lowest BCUT2D eigenvalue weighted by atomic mass is 9.90. The standard InChI is InChI=1S/C21H24N2O3/c1-15(16-8-3-2-4-9-16)26-13-7-12-22-21(25)18-14-20(24)23-19-11-6-5-10-17(18)19/h2-6,8-11,15,18H,7,12-14H2,1H3,(H,22,25)(H,23,24). The minimum Gasteiger partial charge on any atom is -0.374 e. The monoisotopic (exact) mass is 352 g/mol. The van der Waals surface area contributed by atoms with Gasteiger partial charge in [-0.25, -0.2) is 0 Å². The van der Waals surface area contributed by atoms with Gasteiger partial charge in [0.25, 0.3) is 0 Å². The molecule has 3 rings (SSSR count). The Morgan fingerprint density at radius 3 is 2.73 bits per heavy atom. The molecular formula is C21H24N2O3. The molecule has 0 saturated carbocycles. The van der Waals surface area contributed by atoms with Gasteiger partial charge in [0.05, 0.1) is 12.0 Å². The van der Waals surface area contributed by atoms with E-state index in [2.05, 4.69) is 10.6 Å². The van der Waals surface area contributed by atoms with Crippen molar-refractivity contribution in [2.45, 2.75) is 31.8 Å². The highest BCUT2D eigenvalue weighted by molar-refractivity contribution is 6.01. The van der Waals surface area contributed by atoms with E-state index >= 15 is 0 Å². The second-order valence-electron chi connectivity index (χ2n) is 6.46. The van der Waals surface area contributed by atoms with Gasteiger partial charge in [-0.2, -0.15) is 0 Å². The summed E-state index contributed by atoms with van der Waals surface area (Å²) < 4.78 is 5.81. The van der Waals surface area contributed by atoms with Crippen molar-refractivity contribution in [3.05, 3.63) is 65.7 Å². The van der Waals surface area contributed by atoms with Crippen LogP contribution in [0.4, 0.5) is 5.69 Å². The van der Waals surface area contributed by atoms with Crippen LogP contribution in [0.15, 0.2) is 54.6 Å². The summed E-state index contributed by atoms with van der Waals surface area (Å²) in [6.07, 6.45) is 0.939. The summed E-state index contributed by atoms with van der Waals surface area (Å²) in [7, 11) is 0. The molecule has 2 aromatic rings. The Kier molecular flexibility index (Phi) is 6.02. The first-order chi connectivity index (χ1) is 12.6. The molecule has 26 heavy (non-hydrogen) atoms. The number of benzene rings is 2. The minimum absolute atomic E-state index is 0.0285. The van der Waals surface area contributed by atoms with Crippen molar-refractivity contribution in [3.63, 3.8) is 0 Å². The maximum absolute atomic E-state index is 12.5. The van der Waals surface area contributed by atoms with Crippen LogP contribution in [0.1, 0.15) is 42.9 Å². The van der Waals surface area contributed by atoms with Gasteiger partial charge in [0.15, 0.2) is 0 Å². The van der Waals surface area contributed by atoms with Gasteiger partial charge in [-0.05, 0) is 30.5 Å². The largest absolute Gasteiger partial charge is 0.374 e. The molecule has 1 aliphatic rings. The third-order valence-electron chi connectivity index (χ3n) is 4.57. The van der Waals surface area contributed by atoms with E-state index < -0.39 is 5.92 Å². The molecule has 2 aromatic carbocycles. The van der Waals surface area contributed by atoms with Crippen LogP contribution in [0.5, 0.6) is 0 Å². The topological polar surface area (TPSA) is 67.4 Å². The smallest absolute Gasteiger partial charge is 0.228 e. The molecule has 2 N–H and O–H groups in total. The van der Waals surface area contributed by atoms with Crippen LogP contribution < -0.4 is 10.6 Å². The zero-order valence-electron chi connectivity index (χ0n) is 14.9. The van der Waals surface area contributed by atoms with Crippen molar-refractivity contribution < 1.29 is 14.3 Å². The maximum Gasteiger partial charge on any atom is 0.228 e. The highest BCUT2D eigenvalue weighted by Crippen LogP contribution is 2.31. The van der Waals surface area contributed by atoms with E-state index in [1.54, 1.807) is 0 Å². The van der Waals surface area contributed by atoms with Gasteiger partial charge in [-0.15, -0.1) is 0 Å². The summed E-state index contributed by atoms with van der Waals surface area (Å²) in [6, 6.07) is 17.5. The number of nitrogens with one attached hydrogen (secondary N) is 2. The Hall–Kier alpha value is -2.66. The Balaban J connectivity index is 1.44. The number of para-hydroxylation sites is 1. The lowest BCUT2D eigenvalue weighted by Crippen LogP contribution is -2.35. The number of amides is 2. The summed E-state index contributed by atoms with van der Waals surface area (Å²) in [4.78, 5) is 24.3. The van der Waals surface area contributed by atoms with Crippen LogP contribution in [0.3, 0.4) is 0 Å². The van der Waals surface area contributed by atoms with Gasteiger partial charge >= 0.3 is 0 Å². The fourth-order valence-corrected chi connectivity index (χ4v) is 3.13. The first kappa shape index (κ1) is 18.1. The number of anilines is 1. The van der Waals surface area contributed by atoms with Crippen molar-refractivity contribution >= 4 is 17.5 Å². The van der Waals surface area contributed by atoms with E-state index in [-0.39, 0.29) is 24.3 Å². The van der Waals surface area contributed by atoms with Crippen LogP contribution >= 0.6 is 0 Å². The molecule has 0 aliphatic carbocycles. The van der Waals surface area contributed by atoms with Crippen LogP contribution in [-0.2, 0) is 14.3 Å². The van der Waals surface area contributed by atoms with E-state index in [9.17, 15) is 9.59 Å². The van der Waals surface area contributed by atoms with Gasteiger partial charge in [-0.3, -0.25) is 9.59 Å². The predicted octanol–water partition coefficient (Wildman–Crippen LogP) is 3.40. The van der Waals surface area contributed by atoms with Gasteiger partial charge in [-0.1, -0.05) is 48.5 Å². The fraction of sp³-hybridized carbons (Fsp3) is 0.333. The van der Waals surface area contributed by atoms with Crippen molar-refractivity contribution in [3.8, 4) is 0 Å². The molecular weight excluding hydrogens is 328 g/mol. The number of ether oxygens (including phenoxy) is 1. The molecule has 1 heterocycles. The van der Waals surface area contributed by atoms with Gasteiger partial charge < -0.3 is 15.4 Å². The number of hydrogen-bond acceptors (Lipinski definition) is 3. The molecule has 5 nitrogen and oxygen atoms in total. The molecule has 1 aliphatic heterocycles. The number of fused-ring (bicyclic) bond motifs is 1. The van der Waals surface area contributed by atoms with Gasteiger partial charge in [0.2, 0.25) is 11.8 Å². The molecule has 0 spiro atoms. The Morgan fingerprint density at radius 1 is 1.19 bits per heavy atom. The quantitative estimate of drug-likeness (QED) is 0.751. The number of rotatable bonds is 7. The molecule has 0 radical (unpaired) electrons. The van der Waals surface area contributed by atoms with Crippen LogP contribution in [0.25, 0.3) is 0 Å². The zero-order valence-corrected chi connectivity index (χ0v) is 14.9. The molecule has 136 valence electrons. The van der Waals surface area contributed by atoms with Crippen molar-refractivity contribution in [2.75, 3.05) is 18.5 Å². The molecule has 2 amide bonds. The number of carbonyl (C=O) groups is 2. The molecule has 0 aromatic heterocycles. The predicted molar refractivity (Wildman–Crippen MR) is 101 cm³/mol. The highest BCUT2D eigenvalue weighted by Gasteiger charge is 2.30. The molecule has 0 bridgehead atoms. The van der Waals surface area contributed by atoms with Crippen LogP contribution in [0.2, 0.25) is 0 Å². The van der Waals surface area contributed by atoms with Crippen molar-refractivity contribution in [1.29, 1.82) is 0 Å². The number of carbonyl (C=O) groups excluding carboxylic acids is 2. The lowest BCUT2D eigenvalue weighted by molar-refractivity contribution is -0.126. The molecule has 2 unspecified atom stereocenters.